The van der Waals surface area contributed by atoms with Gasteiger partial charge in [0.2, 0.25) is 0 Å². The molecular formula is C17H13NO4. The van der Waals surface area contributed by atoms with Gasteiger partial charge in [-0.1, -0.05) is 30.3 Å². The number of ether oxygens (including phenoxy) is 1. The van der Waals surface area contributed by atoms with Gasteiger partial charge < -0.3 is 14.8 Å². The Morgan fingerprint density at radius 2 is 1.91 bits per heavy atom. The predicted molar refractivity (Wildman–Crippen MR) is 83.1 cm³/mol. The highest BCUT2D eigenvalue weighted by Gasteiger charge is 2.07. The Morgan fingerprint density at radius 3 is 2.73 bits per heavy atom. The second kappa shape index (κ2) is 5.73. The summed E-state index contributed by atoms with van der Waals surface area (Å²) in [5, 5.41) is 9.57. The summed E-state index contributed by atoms with van der Waals surface area (Å²) in [6.45, 7) is -0.419. The van der Waals surface area contributed by atoms with Gasteiger partial charge in [0.1, 0.15) is 5.75 Å². The third-order valence-corrected chi connectivity index (χ3v) is 3.26. The van der Waals surface area contributed by atoms with E-state index in [1.54, 1.807) is 24.3 Å². The van der Waals surface area contributed by atoms with Gasteiger partial charge in [0.25, 0.3) is 5.56 Å². The molecule has 3 aromatic rings. The summed E-state index contributed by atoms with van der Waals surface area (Å²) < 4.78 is 5.15. The largest absolute Gasteiger partial charge is 0.482 e. The lowest BCUT2D eigenvalue weighted by Crippen LogP contribution is -2.10. The number of carbonyl (C=O) groups is 1. The number of carboxylic acids is 1. The third-order valence-electron chi connectivity index (χ3n) is 3.26. The van der Waals surface area contributed by atoms with Crippen molar-refractivity contribution in [1.82, 2.24) is 4.98 Å². The van der Waals surface area contributed by atoms with E-state index in [2.05, 4.69) is 4.98 Å². The fraction of sp³-hybridized carbons (Fsp3) is 0.0588. The van der Waals surface area contributed by atoms with E-state index in [-0.39, 0.29) is 5.56 Å². The Kier molecular flexibility index (Phi) is 3.62. The van der Waals surface area contributed by atoms with E-state index in [1.165, 1.54) is 0 Å². The second-order valence-corrected chi connectivity index (χ2v) is 4.81. The highest BCUT2D eigenvalue weighted by atomic mass is 16.5. The number of aliphatic carboxylic acids is 1. The van der Waals surface area contributed by atoms with Crippen molar-refractivity contribution in [3.05, 3.63) is 65.0 Å². The first-order chi connectivity index (χ1) is 10.6. The molecule has 0 saturated carbocycles. The van der Waals surface area contributed by atoms with Gasteiger partial charge in [-0.15, -0.1) is 0 Å². The van der Waals surface area contributed by atoms with Gasteiger partial charge in [0, 0.05) is 11.1 Å². The van der Waals surface area contributed by atoms with E-state index in [0.29, 0.717) is 16.9 Å². The first kappa shape index (κ1) is 13.9. The van der Waals surface area contributed by atoms with Crippen LogP contribution in [0.15, 0.2) is 59.4 Å². The SMILES string of the molecule is O=C(O)COc1cccc(-c2cc3ccccc3[nH]c2=O)c1. The highest BCUT2D eigenvalue weighted by Crippen LogP contribution is 2.23. The molecule has 0 bridgehead atoms. The first-order valence-corrected chi connectivity index (χ1v) is 6.70. The molecular weight excluding hydrogens is 282 g/mol. The average molecular weight is 295 g/mol. The Balaban J connectivity index is 2.03. The molecule has 0 spiro atoms. The molecule has 22 heavy (non-hydrogen) atoms. The summed E-state index contributed by atoms with van der Waals surface area (Å²) >= 11 is 0. The van der Waals surface area contributed by atoms with Crippen LogP contribution in [0.1, 0.15) is 0 Å². The van der Waals surface area contributed by atoms with Crippen molar-refractivity contribution in [2.24, 2.45) is 0 Å². The quantitative estimate of drug-likeness (QED) is 0.775. The molecule has 110 valence electrons. The number of aromatic amines is 1. The zero-order valence-corrected chi connectivity index (χ0v) is 11.6. The molecule has 0 unspecified atom stereocenters. The molecule has 0 fully saturated rings. The van der Waals surface area contributed by atoms with Crippen LogP contribution in [0.25, 0.3) is 22.0 Å². The van der Waals surface area contributed by atoms with Crippen molar-refractivity contribution < 1.29 is 14.6 Å². The number of carboxylic acid groups (broad SMARTS) is 1. The third kappa shape index (κ3) is 2.83. The molecule has 5 nitrogen and oxygen atoms in total. The molecule has 0 atom stereocenters. The summed E-state index contributed by atoms with van der Waals surface area (Å²) in [6.07, 6.45) is 0. The topological polar surface area (TPSA) is 79.4 Å². The summed E-state index contributed by atoms with van der Waals surface area (Å²) in [4.78, 5) is 25.6. The predicted octanol–water partition coefficient (Wildman–Crippen LogP) is 2.66. The molecule has 3 rings (SSSR count). The normalized spacial score (nSPS) is 10.5. The highest BCUT2D eigenvalue weighted by molar-refractivity contribution is 5.83. The summed E-state index contributed by atoms with van der Waals surface area (Å²) in [5.74, 6) is -0.638. The van der Waals surface area contributed by atoms with Crippen LogP contribution in [-0.2, 0) is 4.79 Å². The first-order valence-electron chi connectivity index (χ1n) is 6.70. The fourth-order valence-electron chi connectivity index (χ4n) is 2.26. The zero-order chi connectivity index (χ0) is 15.5. The van der Waals surface area contributed by atoms with Crippen molar-refractivity contribution in [3.8, 4) is 16.9 Å². The molecule has 2 aromatic carbocycles. The Bertz CT molecular complexity index is 898. The van der Waals surface area contributed by atoms with Crippen molar-refractivity contribution in [1.29, 1.82) is 0 Å². The molecule has 5 heteroatoms. The van der Waals surface area contributed by atoms with Gasteiger partial charge in [0.15, 0.2) is 6.61 Å². The van der Waals surface area contributed by atoms with Crippen molar-refractivity contribution in [3.63, 3.8) is 0 Å². The van der Waals surface area contributed by atoms with E-state index in [9.17, 15) is 9.59 Å². The lowest BCUT2D eigenvalue weighted by molar-refractivity contribution is -0.139. The number of fused-ring (bicyclic) bond motifs is 1. The Hall–Kier alpha value is -3.08. The number of nitrogens with one attached hydrogen (secondary N) is 1. The van der Waals surface area contributed by atoms with E-state index in [1.807, 2.05) is 30.3 Å². The minimum atomic E-state index is -1.05. The average Bonchev–Trinajstić information content (AvgIpc) is 2.52. The van der Waals surface area contributed by atoms with Gasteiger partial charge in [-0.25, -0.2) is 4.79 Å². The lowest BCUT2D eigenvalue weighted by Gasteiger charge is -2.07. The molecule has 1 heterocycles. The molecule has 1 aromatic heterocycles. The molecule has 0 amide bonds. The summed E-state index contributed by atoms with van der Waals surface area (Å²) in [5.41, 5.74) is 1.76. The van der Waals surface area contributed by atoms with E-state index >= 15 is 0 Å². The smallest absolute Gasteiger partial charge is 0.341 e. The molecule has 0 radical (unpaired) electrons. The molecule has 2 N–H and O–H groups in total. The van der Waals surface area contributed by atoms with Crippen LogP contribution in [-0.4, -0.2) is 22.7 Å². The van der Waals surface area contributed by atoms with E-state index in [0.717, 1.165) is 10.9 Å². The minimum absolute atomic E-state index is 0.200. The van der Waals surface area contributed by atoms with E-state index < -0.39 is 12.6 Å². The fourth-order valence-corrected chi connectivity index (χ4v) is 2.26. The van der Waals surface area contributed by atoms with Crippen LogP contribution < -0.4 is 10.3 Å². The molecule has 0 aliphatic rings. The molecule has 0 aliphatic carbocycles. The number of hydrogen-bond donors (Lipinski definition) is 2. The minimum Gasteiger partial charge on any atom is -0.482 e. The van der Waals surface area contributed by atoms with Crippen molar-refractivity contribution in [2.75, 3.05) is 6.61 Å². The van der Waals surface area contributed by atoms with Crippen LogP contribution in [0, 0.1) is 0 Å². The van der Waals surface area contributed by atoms with E-state index in [4.69, 9.17) is 9.84 Å². The second-order valence-electron chi connectivity index (χ2n) is 4.81. The number of aromatic nitrogens is 1. The maximum Gasteiger partial charge on any atom is 0.341 e. The van der Waals surface area contributed by atoms with Crippen molar-refractivity contribution in [2.45, 2.75) is 0 Å². The number of benzene rings is 2. The van der Waals surface area contributed by atoms with Gasteiger partial charge in [-0.3, -0.25) is 4.79 Å². The Labute approximate surface area is 125 Å². The maximum absolute atomic E-state index is 12.2. The molecule has 0 saturated heterocycles. The number of pyridine rings is 1. The van der Waals surface area contributed by atoms with Crippen LogP contribution in [0.2, 0.25) is 0 Å². The summed E-state index contributed by atoms with van der Waals surface area (Å²) in [6, 6.07) is 16.1. The lowest BCUT2D eigenvalue weighted by atomic mass is 10.0. The van der Waals surface area contributed by atoms with Gasteiger partial charge in [-0.2, -0.15) is 0 Å². The van der Waals surface area contributed by atoms with Crippen molar-refractivity contribution >= 4 is 16.9 Å². The van der Waals surface area contributed by atoms with Gasteiger partial charge >= 0.3 is 5.97 Å². The van der Waals surface area contributed by atoms with Crippen LogP contribution in [0.5, 0.6) is 5.75 Å². The van der Waals surface area contributed by atoms with Crippen LogP contribution in [0.3, 0.4) is 0 Å². The standard InChI is InChI=1S/C17H13NO4/c19-16(20)10-22-13-6-3-5-11(8-13)14-9-12-4-1-2-7-15(12)18-17(14)21/h1-9H,10H2,(H,18,21)(H,19,20). The number of para-hydroxylation sites is 1. The number of hydrogen-bond acceptors (Lipinski definition) is 3. The van der Waals surface area contributed by atoms with Crippen LogP contribution in [0.4, 0.5) is 0 Å². The van der Waals surface area contributed by atoms with Gasteiger partial charge in [0.05, 0.1) is 0 Å². The number of H-pyrrole nitrogens is 1. The maximum atomic E-state index is 12.2. The van der Waals surface area contributed by atoms with Crippen LogP contribution >= 0.6 is 0 Å². The Morgan fingerprint density at radius 1 is 1.09 bits per heavy atom. The molecule has 0 aliphatic heterocycles. The summed E-state index contributed by atoms with van der Waals surface area (Å²) in [7, 11) is 0. The zero-order valence-electron chi connectivity index (χ0n) is 11.6. The monoisotopic (exact) mass is 295 g/mol. The number of rotatable bonds is 4. The van der Waals surface area contributed by atoms with Gasteiger partial charge in [-0.05, 0) is 35.2 Å².